The number of benzene rings is 1. The standard InChI is InChI=1S/C12H16FNO/c1-4-12(15)14(3)9(2)10-5-7-11(13)8-6-10/h5-9H,4H2,1-3H3. The fourth-order valence-electron chi connectivity index (χ4n) is 1.43. The van der Waals surface area contributed by atoms with Gasteiger partial charge in [-0.25, -0.2) is 4.39 Å². The lowest BCUT2D eigenvalue weighted by Crippen LogP contribution is -2.28. The zero-order chi connectivity index (χ0) is 11.4. The molecule has 1 atom stereocenters. The maximum absolute atomic E-state index is 12.7. The van der Waals surface area contributed by atoms with E-state index in [1.54, 1.807) is 24.1 Å². The summed E-state index contributed by atoms with van der Waals surface area (Å²) >= 11 is 0. The van der Waals surface area contributed by atoms with Crippen molar-refractivity contribution in [3.63, 3.8) is 0 Å². The Bertz CT molecular complexity index is 334. The minimum Gasteiger partial charge on any atom is -0.339 e. The molecule has 1 rings (SSSR count). The highest BCUT2D eigenvalue weighted by Crippen LogP contribution is 2.19. The summed E-state index contributed by atoms with van der Waals surface area (Å²) in [5, 5.41) is 0. The van der Waals surface area contributed by atoms with Gasteiger partial charge in [0.05, 0.1) is 6.04 Å². The first kappa shape index (κ1) is 11.7. The Morgan fingerprint density at radius 1 is 1.40 bits per heavy atom. The Balaban J connectivity index is 2.80. The first-order valence-corrected chi connectivity index (χ1v) is 5.07. The van der Waals surface area contributed by atoms with Crippen molar-refractivity contribution in [1.29, 1.82) is 0 Å². The molecule has 1 aromatic rings. The van der Waals surface area contributed by atoms with Crippen molar-refractivity contribution in [2.24, 2.45) is 0 Å². The van der Waals surface area contributed by atoms with E-state index in [0.29, 0.717) is 6.42 Å². The quantitative estimate of drug-likeness (QED) is 0.749. The van der Waals surface area contributed by atoms with Gasteiger partial charge in [-0.15, -0.1) is 0 Å². The highest BCUT2D eigenvalue weighted by Gasteiger charge is 2.15. The molecule has 0 saturated carbocycles. The number of amides is 1. The zero-order valence-corrected chi connectivity index (χ0v) is 9.33. The molecule has 1 aromatic carbocycles. The lowest BCUT2D eigenvalue weighted by molar-refractivity contribution is -0.131. The largest absolute Gasteiger partial charge is 0.339 e. The highest BCUT2D eigenvalue weighted by atomic mass is 19.1. The summed E-state index contributed by atoms with van der Waals surface area (Å²) in [6.45, 7) is 3.76. The highest BCUT2D eigenvalue weighted by molar-refractivity contribution is 5.76. The molecule has 0 aliphatic carbocycles. The summed E-state index contributed by atoms with van der Waals surface area (Å²) in [4.78, 5) is 13.1. The van der Waals surface area contributed by atoms with Crippen molar-refractivity contribution in [1.82, 2.24) is 4.90 Å². The average Bonchev–Trinajstić information content (AvgIpc) is 2.27. The van der Waals surface area contributed by atoms with Crippen molar-refractivity contribution in [2.45, 2.75) is 26.3 Å². The average molecular weight is 209 g/mol. The van der Waals surface area contributed by atoms with Crippen LogP contribution in [0.2, 0.25) is 0 Å². The molecule has 3 heteroatoms. The van der Waals surface area contributed by atoms with Crippen LogP contribution in [0, 0.1) is 5.82 Å². The van der Waals surface area contributed by atoms with Crippen molar-refractivity contribution >= 4 is 5.91 Å². The van der Waals surface area contributed by atoms with Gasteiger partial charge in [0.15, 0.2) is 0 Å². The minimum atomic E-state index is -0.254. The van der Waals surface area contributed by atoms with E-state index in [4.69, 9.17) is 0 Å². The molecule has 0 N–H and O–H groups in total. The van der Waals surface area contributed by atoms with Crippen LogP contribution in [0.1, 0.15) is 31.9 Å². The van der Waals surface area contributed by atoms with E-state index in [0.717, 1.165) is 5.56 Å². The van der Waals surface area contributed by atoms with Gasteiger partial charge in [-0.3, -0.25) is 4.79 Å². The molecule has 1 amide bonds. The van der Waals surface area contributed by atoms with Crippen LogP contribution in [0.25, 0.3) is 0 Å². The van der Waals surface area contributed by atoms with Crippen LogP contribution in [-0.2, 0) is 4.79 Å². The zero-order valence-electron chi connectivity index (χ0n) is 9.33. The second-order valence-electron chi connectivity index (χ2n) is 3.59. The number of halogens is 1. The fraction of sp³-hybridized carbons (Fsp3) is 0.417. The molecule has 0 bridgehead atoms. The van der Waals surface area contributed by atoms with E-state index >= 15 is 0 Å². The smallest absolute Gasteiger partial charge is 0.222 e. The van der Waals surface area contributed by atoms with Crippen LogP contribution < -0.4 is 0 Å². The summed E-state index contributed by atoms with van der Waals surface area (Å²) in [6, 6.07) is 6.23. The molecule has 0 aromatic heterocycles. The van der Waals surface area contributed by atoms with Crippen LogP contribution in [0.5, 0.6) is 0 Å². The van der Waals surface area contributed by atoms with Gasteiger partial charge in [0.25, 0.3) is 0 Å². The lowest BCUT2D eigenvalue weighted by Gasteiger charge is -2.24. The van der Waals surface area contributed by atoms with Crippen molar-refractivity contribution in [3.8, 4) is 0 Å². The maximum Gasteiger partial charge on any atom is 0.222 e. The molecule has 0 radical (unpaired) electrons. The van der Waals surface area contributed by atoms with E-state index < -0.39 is 0 Å². The molecular formula is C12H16FNO. The fourth-order valence-corrected chi connectivity index (χ4v) is 1.43. The van der Waals surface area contributed by atoms with E-state index in [1.165, 1.54) is 12.1 Å². The van der Waals surface area contributed by atoms with Gasteiger partial charge in [-0.1, -0.05) is 19.1 Å². The molecular weight excluding hydrogens is 193 g/mol. The van der Waals surface area contributed by atoms with Crippen LogP contribution >= 0.6 is 0 Å². The van der Waals surface area contributed by atoms with Gasteiger partial charge < -0.3 is 4.90 Å². The number of hydrogen-bond donors (Lipinski definition) is 0. The second-order valence-corrected chi connectivity index (χ2v) is 3.59. The molecule has 0 heterocycles. The molecule has 0 fully saturated rings. The maximum atomic E-state index is 12.7. The number of nitrogens with zero attached hydrogens (tertiary/aromatic N) is 1. The first-order chi connectivity index (χ1) is 7.06. The van der Waals surface area contributed by atoms with Gasteiger partial charge in [-0.05, 0) is 24.6 Å². The van der Waals surface area contributed by atoms with Crippen LogP contribution in [-0.4, -0.2) is 17.9 Å². The number of carbonyl (C=O) groups is 1. The van der Waals surface area contributed by atoms with E-state index in [2.05, 4.69) is 0 Å². The van der Waals surface area contributed by atoms with Gasteiger partial charge >= 0.3 is 0 Å². The number of hydrogen-bond acceptors (Lipinski definition) is 1. The van der Waals surface area contributed by atoms with Crippen LogP contribution in [0.15, 0.2) is 24.3 Å². The van der Waals surface area contributed by atoms with Gasteiger partial charge in [-0.2, -0.15) is 0 Å². The topological polar surface area (TPSA) is 20.3 Å². The third-order valence-electron chi connectivity index (χ3n) is 2.63. The third kappa shape index (κ3) is 2.78. The summed E-state index contributed by atoms with van der Waals surface area (Å²) < 4.78 is 12.7. The minimum absolute atomic E-state index is 0.0157. The predicted octanol–water partition coefficient (Wildman–Crippen LogP) is 2.76. The summed E-state index contributed by atoms with van der Waals surface area (Å²) in [6.07, 6.45) is 0.488. The summed E-state index contributed by atoms with van der Waals surface area (Å²) in [7, 11) is 1.76. The van der Waals surface area contributed by atoms with Gasteiger partial charge in [0.1, 0.15) is 5.82 Å². The molecule has 0 aliphatic rings. The molecule has 0 spiro atoms. The van der Waals surface area contributed by atoms with E-state index in [1.807, 2.05) is 13.8 Å². The predicted molar refractivity (Wildman–Crippen MR) is 57.9 cm³/mol. The first-order valence-electron chi connectivity index (χ1n) is 5.07. The van der Waals surface area contributed by atoms with Crippen molar-refractivity contribution in [3.05, 3.63) is 35.6 Å². The Kier molecular flexibility index (Phi) is 3.83. The van der Waals surface area contributed by atoms with Crippen LogP contribution in [0.3, 0.4) is 0 Å². The summed E-state index contributed by atoms with van der Waals surface area (Å²) in [5.74, 6) is -0.165. The van der Waals surface area contributed by atoms with Crippen LogP contribution in [0.4, 0.5) is 4.39 Å². The second kappa shape index (κ2) is 4.91. The van der Waals surface area contributed by atoms with Gasteiger partial charge in [0.2, 0.25) is 5.91 Å². The number of rotatable bonds is 3. The number of carbonyl (C=O) groups excluding carboxylic acids is 1. The Morgan fingerprint density at radius 2 is 1.93 bits per heavy atom. The third-order valence-corrected chi connectivity index (χ3v) is 2.63. The molecule has 0 aliphatic heterocycles. The molecule has 15 heavy (non-hydrogen) atoms. The molecule has 82 valence electrons. The Labute approximate surface area is 89.7 Å². The van der Waals surface area contributed by atoms with E-state index in [-0.39, 0.29) is 17.8 Å². The Hall–Kier alpha value is -1.38. The van der Waals surface area contributed by atoms with E-state index in [9.17, 15) is 9.18 Å². The van der Waals surface area contributed by atoms with Gasteiger partial charge in [0, 0.05) is 13.5 Å². The van der Waals surface area contributed by atoms with Crippen molar-refractivity contribution in [2.75, 3.05) is 7.05 Å². The SMILES string of the molecule is CCC(=O)N(C)C(C)c1ccc(F)cc1. The lowest BCUT2D eigenvalue weighted by atomic mass is 10.1. The molecule has 1 unspecified atom stereocenters. The summed E-state index contributed by atoms with van der Waals surface area (Å²) in [5.41, 5.74) is 0.945. The molecule has 0 saturated heterocycles. The molecule has 2 nitrogen and oxygen atoms in total. The van der Waals surface area contributed by atoms with Crippen molar-refractivity contribution < 1.29 is 9.18 Å². The monoisotopic (exact) mass is 209 g/mol. The Morgan fingerprint density at radius 3 is 2.40 bits per heavy atom. The normalized spacial score (nSPS) is 12.3.